The third-order valence-electron chi connectivity index (χ3n) is 3.35. The first-order chi connectivity index (χ1) is 12.2. The van der Waals surface area contributed by atoms with Crippen LogP contribution in [0.2, 0.25) is 0 Å². The number of fused-ring (bicyclic) bond motifs is 1. The lowest BCUT2D eigenvalue weighted by Gasteiger charge is -1.97. The maximum Gasteiger partial charge on any atom is 0.253 e. The molecule has 3 aromatic heterocycles. The molecule has 0 spiro atoms. The van der Waals surface area contributed by atoms with Gasteiger partial charge >= 0.3 is 0 Å². The standard InChI is InChI=1S/C16H11FN6O2/c17-11-4-2-10(3-5-11)14-19-12(9-25-14)8-13(24)20-15-21-16-18-6-1-7-23(16)22-15/h1-7,9H,8H2,(H,20,22,24). The van der Waals surface area contributed by atoms with Crippen LogP contribution >= 0.6 is 0 Å². The first-order valence-corrected chi connectivity index (χ1v) is 7.35. The number of amides is 1. The van der Waals surface area contributed by atoms with E-state index in [-0.39, 0.29) is 24.1 Å². The highest BCUT2D eigenvalue weighted by Crippen LogP contribution is 2.19. The third kappa shape index (κ3) is 3.20. The molecule has 1 amide bonds. The predicted molar refractivity (Wildman–Crippen MR) is 85.0 cm³/mol. The van der Waals surface area contributed by atoms with Gasteiger partial charge in [-0.1, -0.05) is 0 Å². The van der Waals surface area contributed by atoms with Crippen molar-refractivity contribution < 1.29 is 13.6 Å². The number of benzene rings is 1. The van der Waals surface area contributed by atoms with Crippen molar-refractivity contribution in [3.8, 4) is 11.5 Å². The molecular formula is C16H11FN6O2. The molecule has 25 heavy (non-hydrogen) atoms. The number of carbonyl (C=O) groups is 1. The Morgan fingerprint density at radius 1 is 1.24 bits per heavy atom. The van der Waals surface area contributed by atoms with Crippen LogP contribution in [0, 0.1) is 5.82 Å². The number of nitrogens with zero attached hydrogens (tertiary/aromatic N) is 5. The van der Waals surface area contributed by atoms with E-state index < -0.39 is 0 Å². The highest BCUT2D eigenvalue weighted by atomic mass is 19.1. The summed E-state index contributed by atoms with van der Waals surface area (Å²) in [7, 11) is 0. The molecule has 3 heterocycles. The van der Waals surface area contributed by atoms with Gasteiger partial charge in [0.15, 0.2) is 0 Å². The molecular weight excluding hydrogens is 327 g/mol. The van der Waals surface area contributed by atoms with Gasteiger partial charge in [0.1, 0.15) is 12.1 Å². The minimum Gasteiger partial charge on any atom is -0.444 e. The molecule has 0 aliphatic rings. The smallest absolute Gasteiger partial charge is 0.253 e. The first kappa shape index (κ1) is 14.9. The topological polar surface area (TPSA) is 98.2 Å². The van der Waals surface area contributed by atoms with Gasteiger partial charge in [0, 0.05) is 18.0 Å². The lowest BCUT2D eigenvalue weighted by atomic mass is 10.2. The van der Waals surface area contributed by atoms with Crippen molar-refractivity contribution in [3.63, 3.8) is 0 Å². The molecule has 0 radical (unpaired) electrons. The monoisotopic (exact) mass is 338 g/mol. The molecule has 0 saturated carbocycles. The van der Waals surface area contributed by atoms with Gasteiger partial charge in [-0.05, 0) is 30.3 Å². The molecule has 0 aliphatic carbocycles. The van der Waals surface area contributed by atoms with Crippen LogP contribution in [0.5, 0.6) is 0 Å². The van der Waals surface area contributed by atoms with E-state index in [2.05, 4.69) is 25.4 Å². The predicted octanol–water partition coefficient (Wildman–Crippen LogP) is 2.10. The Hall–Kier alpha value is -3.62. The zero-order valence-corrected chi connectivity index (χ0v) is 12.8. The Kier molecular flexibility index (Phi) is 3.65. The van der Waals surface area contributed by atoms with Gasteiger partial charge in [-0.25, -0.2) is 18.9 Å². The highest BCUT2D eigenvalue weighted by molar-refractivity contribution is 5.90. The maximum absolute atomic E-state index is 12.9. The lowest BCUT2D eigenvalue weighted by Crippen LogP contribution is -2.15. The summed E-state index contributed by atoms with van der Waals surface area (Å²) < 4.78 is 19.7. The van der Waals surface area contributed by atoms with E-state index in [1.54, 1.807) is 30.6 Å². The van der Waals surface area contributed by atoms with Crippen LogP contribution in [0.3, 0.4) is 0 Å². The quantitative estimate of drug-likeness (QED) is 0.612. The van der Waals surface area contributed by atoms with Crippen molar-refractivity contribution >= 4 is 17.6 Å². The summed E-state index contributed by atoms with van der Waals surface area (Å²) in [6.45, 7) is 0. The molecule has 0 unspecified atom stereocenters. The summed E-state index contributed by atoms with van der Waals surface area (Å²) in [5.74, 6) is 0.181. The van der Waals surface area contributed by atoms with Crippen molar-refractivity contribution in [2.75, 3.05) is 5.32 Å². The van der Waals surface area contributed by atoms with Gasteiger partial charge in [0.25, 0.3) is 11.7 Å². The molecule has 0 fully saturated rings. The van der Waals surface area contributed by atoms with Crippen LogP contribution in [-0.4, -0.2) is 30.5 Å². The second kappa shape index (κ2) is 6.11. The second-order valence-electron chi connectivity index (χ2n) is 5.18. The molecule has 0 saturated heterocycles. The highest BCUT2D eigenvalue weighted by Gasteiger charge is 2.13. The fraction of sp³-hybridized carbons (Fsp3) is 0.0625. The van der Waals surface area contributed by atoms with E-state index in [0.29, 0.717) is 22.9 Å². The van der Waals surface area contributed by atoms with Crippen molar-refractivity contribution in [1.82, 2.24) is 24.6 Å². The van der Waals surface area contributed by atoms with Crippen LogP contribution in [0.15, 0.2) is 53.4 Å². The molecule has 0 aliphatic heterocycles. The minimum absolute atomic E-state index is 0.00627. The number of carbonyl (C=O) groups excluding carboxylic acids is 1. The Labute approximate surface area is 140 Å². The van der Waals surface area contributed by atoms with Crippen molar-refractivity contribution in [2.24, 2.45) is 0 Å². The van der Waals surface area contributed by atoms with Crippen LogP contribution in [0.4, 0.5) is 10.3 Å². The summed E-state index contributed by atoms with van der Waals surface area (Å²) >= 11 is 0. The molecule has 124 valence electrons. The summed E-state index contributed by atoms with van der Waals surface area (Å²) in [5, 5.41) is 6.67. The van der Waals surface area contributed by atoms with Crippen LogP contribution < -0.4 is 5.32 Å². The van der Waals surface area contributed by atoms with E-state index in [4.69, 9.17) is 4.42 Å². The van der Waals surface area contributed by atoms with Gasteiger partial charge in [-0.2, -0.15) is 4.98 Å². The number of nitrogens with one attached hydrogen (secondary N) is 1. The number of aromatic nitrogens is 5. The average Bonchev–Trinajstić information content (AvgIpc) is 3.21. The molecule has 8 nitrogen and oxygen atoms in total. The van der Waals surface area contributed by atoms with E-state index in [1.807, 2.05) is 0 Å². The van der Waals surface area contributed by atoms with E-state index >= 15 is 0 Å². The zero-order valence-electron chi connectivity index (χ0n) is 12.8. The normalized spacial score (nSPS) is 10.9. The number of oxazole rings is 1. The Balaban J connectivity index is 1.45. The molecule has 0 bridgehead atoms. The Bertz CT molecular complexity index is 1010. The largest absolute Gasteiger partial charge is 0.444 e. The number of hydrogen-bond acceptors (Lipinski definition) is 6. The van der Waals surface area contributed by atoms with E-state index in [1.165, 1.54) is 22.9 Å². The van der Waals surface area contributed by atoms with Crippen molar-refractivity contribution in [3.05, 3.63) is 60.5 Å². The molecule has 0 atom stereocenters. The first-order valence-electron chi connectivity index (χ1n) is 7.35. The minimum atomic E-state index is -0.343. The maximum atomic E-state index is 12.9. The van der Waals surface area contributed by atoms with Gasteiger partial charge in [-0.15, -0.1) is 5.10 Å². The SMILES string of the molecule is O=C(Cc1coc(-c2ccc(F)cc2)n1)Nc1nc2ncccn2n1. The summed E-state index contributed by atoms with van der Waals surface area (Å²) in [6.07, 6.45) is 4.64. The summed E-state index contributed by atoms with van der Waals surface area (Å²) in [5.41, 5.74) is 1.07. The Morgan fingerprint density at radius 2 is 2.08 bits per heavy atom. The molecule has 1 aromatic carbocycles. The van der Waals surface area contributed by atoms with Gasteiger partial charge in [0.2, 0.25) is 11.8 Å². The zero-order chi connectivity index (χ0) is 17.2. The average molecular weight is 338 g/mol. The number of hydrogen-bond donors (Lipinski definition) is 1. The fourth-order valence-corrected chi connectivity index (χ4v) is 2.23. The van der Waals surface area contributed by atoms with Gasteiger partial charge in [0.05, 0.1) is 12.1 Å². The second-order valence-corrected chi connectivity index (χ2v) is 5.18. The fourth-order valence-electron chi connectivity index (χ4n) is 2.23. The number of halogens is 1. The molecule has 4 rings (SSSR count). The third-order valence-corrected chi connectivity index (χ3v) is 3.35. The molecule has 4 aromatic rings. The van der Waals surface area contributed by atoms with Gasteiger partial charge < -0.3 is 4.42 Å². The number of anilines is 1. The molecule has 1 N–H and O–H groups in total. The summed E-state index contributed by atoms with van der Waals surface area (Å²) in [6, 6.07) is 7.45. The van der Waals surface area contributed by atoms with Crippen molar-refractivity contribution in [1.29, 1.82) is 0 Å². The van der Waals surface area contributed by atoms with Crippen molar-refractivity contribution in [2.45, 2.75) is 6.42 Å². The van der Waals surface area contributed by atoms with Crippen LogP contribution in [0.25, 0.3) is 17.2 Å². The van der Waals surface area contributed by atoms with E-state index in [9.17, 15) is 9.18 Å². The number of rotatable bonds is 4. The van der Waals surface area contributed by atoms with Gasteiger partial charge in [-0.3, -0.25) is 10.1 Å². The summed E-state index contributed by atoms with van der Waals surface area (Å²) in [4.78, 5) is 24.4. The van der Waals surface area contributed by atoms with Crippen LogP contribution in [0.1, 0.15) is 5.69 Å². The molecule has 9 heteroatoms. The Morgan fingerprint density at radius 3 is 2.88 bits per heavy atom. The lowest BCUT2D eigenvalue weighted by molar-refractivity contribution is -0.115. The van der Waals surface area contributed by atoms with Crippen LogP contribution in [-0.2, 0) is 11.2 Å². The van der Waals surface area contributed by atoms with E-state index in [0.717, 1.165) is 0 Å².